The van der Waals surface area contributed by atoms with Crippen molar-refractivity contribution in [3.63, 3.8) is 0 Å². The first-order chi connectivity index (χ1) is 14.0. The predicted molar refractivity (Wildman–Crippen MR) is 110 cm³/mol. The fourth-order valence-electron chi connectivity index (χ4n) is 2.61. The van der Waals surface area contributed by atoms with Gasteiger partial charge in [-0.2, -0.15) is 0 Å². The number of amides is 1. The van der Waals surface area contributed by atoms with Gasteiger partial charge < -0.3 is 14.6 Å². The Labute approximate surface area is 167 Å². The summed E-state index contributed by atoms with van der Waals surface area (Å²) in [6.07, 6.45) is 1.56. The Balaban J connectivity index is 1.71. The van der Waals surface area contributed by atoms with Crippen LogP contribution in [0.3, 0.4) is 0 Å². The fraction of sp³-hybridized carbons (Fsp3) is 0.0870. The van der Waals surface area contributed by atoms with Crippen LogP contribution in [0, 0.1) is 11.8 Å². The molecule has 3 aromatic rings. The van der Waals surface area contributed by atoms with Crippen LogP contribution in [0.15, 0.2) is 77.7 Å². The fourth-order valence-corrected chi connectivity index (χ4v) is 2.61. The second-order valence-electron chi connectivity index (χ2n) is 6.12. The first kappa shape index (κ1) is 19.6. The van der Waals surface area contributed by atoms with E-state index in [1.807, 2.05) is 6.07 Å². The van der Waals surface area contributed by atoms with E-state index in [9.17, 15) is 14.4 Å². The van der Waals surface area contributed by atoms with Crippen molar-refractivity contribution in [3.05, 3.63) is 100.0 Å². The van der Waals surface area contributed by atoms with Crippen molar-refractivity contribution in [2.75, 3.05) is 12.4 Å². The van der Waals surface area contributed by atoms with Crippen LogP contribution in [0.1, 0.15) is 21.5 Å². The number of nitrogens with zero attached hydrogens (tertiary/aromatic N) is 1. The average Bonchev–Trinajstić information content (AvgIpc) is 2.74. The van der Waals surface area contributed by atoms with Gasteiger partial charge in [0.25, 0.3) is 5.56 Å². The highest BCUT2D eigenvalue weighted by Gasteiger charge is 2.06. The molecule has 3 rings (SSSR count). The number of aromatic nitrogens is 1. The molecule has 1 N–H and O–H groups in total. The Morgan fingerprint density at radius 1 is 0.966 bits per heavy atom. The normalized spacial score (nSPS) is 9.83. The molecule has 6 nitrogen and oxygen atoms in total. The number of rotatable bonds is 4. The largest absolute Gasteiger partial charge is 0.465 e. The summed E-state index contributed by atoms with van der Waals surface area (Å²) in [5.74, 6) is 5.27. The van der Waals surface area contributed by atoms with Crippen LogP contribution in [0.4, 0.5) is 5.69 Å². The van der Waals surface area contributed by atoms with Gasteiger partial charge in [-0.3, -0.25) is 9.59 Å². The van der Waals surface area contributed by atoms with Crippen molar-refractivity contribution in [3.8, 4) is 11.8 Å². The van der Waals surface area contributed by atoms with Crippen molar-refractivity contribution in [2.45, 2.75) is 6.54 Å². The van der Waals surface area contributed by atoms with E-state index in [-0.39, 0.29) is 18.0 Å². The maximum absolute atomic E-state index is 12.2. The number of pyridine rings is 1. The van der Waals surface area contributed by atoms with Crippen LogP contribution < -0.4 is 10.9 Å². The minimum atomic E-state index is -0.420. The third-order valence-corrected chi connectivity index (χ3v) is 3.99. The van der Waals surface area contributed by atoms with Gasteiger partial charge in [-0.1, -0.05) is 30.0 Å². The lowest BCUT2D eigenvalue weighted by atomic mass is 10.1. The Morgan fingerprint density at radius 2 is 1.69 bits per heavy atom. The van der Waals surface area contributed by atoms with Gasteiger partial charge in [-0.05, 0) is 42.5 Å². The van der Waals surface area contributed by atoms with Gasteiger partial charge in [0.2, 0.25) is 5.91 Å². The number of carbonyl (C=O) groups is 2. The summed E-state index contributed by atoms with van der Waals surface area (Å²) < 4.78 is 6.03. The maximum Gasteiger partial charge on any atom is 0.337 e. The van der Waals surface area contributed by atoms with Gasteiger partial charge in [0.05, 0.1) is 12.7 Å². The Hall–Kier alpha value is -4.11. The Kier molecular flexibility index (Phi) is 6.23. The second kappa shape index (κ2) is 9.20. The zero-order valence-corrected chi connectivity index (χ0v) is 15.7. The lowest BCUT2D eigenvalue weighted by Gasteiger charge is -2.07. The Bertz CT molecular complexity index is 1170. The van der Waals surface area contributed by atoms with Gasteiger partial charge in [-0.15, -0.1) is 0 Å². The van der Waals surface area contributed by atoms with Crippen LogP contribution in [0.25, 0.3) is 0 Å². The molecule has 0 radical (unpaired) electrons. The monoisotopic (exact) mass is 386 g/mol. The zero-order valence-electron chi connectivity index (χ0n) is 15.7. The predicted octanol–water partition coefficient (Wildman–Crippen LogP) is 2.67. The van der Waals surface area contributed by atoms with E-state index in [1.165, 1.54) is 17.7 Å². The van der Waals surface area contributed by atoms with Crippen LogP contribution >= 0.6 is 0 Å². The molecule has 0 bridgehead atoms. The van der Waals surface area contributed by atoms with Crippen LogP contribution in [0.5, 0.6) is 0 Å². The van der Waals surface area contributed by atoms with Crippen LogP contribution in [-0.2, 0) is 16.1 Å². The van der Waals surface area contributed by atoms with E-state index in [0.717, 1.165) is 0 Å². The minimum absolute atomic E-state index is 0.0735. The summed E-state index contributed by atoms with van der Waals surface area (Å²) >= 11 is 0. The highest BCUT2D eigenvalue weighted by Crippen LogP contribution is 2.11. The molecule has 0 fully saturated rings. The van der Waals surface area contributed by atoms with Crippen LogP contribution in [0.2, 0.25) is 0 Å². The summed E-state index contributed by atoms with van der Waals surface area (Å²) in [7, 11) is 1.33. The lowest BCUT2D eigenvalue weighted by Crippen LogP contribution is -2.26. The van der Waals surface area contributed by atoms with Crippen molar-refractivity contribution in [1.29, 1.82) is 0 Å². The Morgan fingerprint density at radius 3 is 2.41 bits per heavy atom. The van der Waals surface area contributed by atoms with E-state index in [4.69, 9.17) is 4.74 Å². The SMILES string of the molecule is COC(=O)c1cccc(C#Cc2cccc(NC(=O)Cn3ccccc3=O)c2)c1. The smallest absolute Gasteiger partial charge is 0.337 e. The third-order valence-electron chi connectivity index (χ3n) is 3.99. The van der Waals surface area contributed by atoms with Gasteiger partial charge in [0, 0.05) is 29.1 Å². The number of esters is 1. The number of hydrogen-bond acceptors (Lipinski definition) is 4. The molecule has 0 aliphatic heterocycles. The van der Waals surface area contributed by atoms with Gasteiger partial charge in [0.1, 0.15) is 6.54 Å². The molecule has 1 amide bonds. The summed E-state index contributed by atoms with van der Waals surface area (Å²) in [6, 6.07) is 18.6. The van der Waals surface area contributed by atoms with Gasteiger partial charge in [-0.25, -0.2) is 4.79 Å². The molecule has 144 valence electrons. The highest BCUT2D eigenvalue weighted by molar-refractivity contribution is 5.91. The van der Waals surface area contributed by atoms with E-state index in [1.54, 1.807) is 60.8 Å². The first-order valence-corrected chi connectivity index (χ1v) is 8.81. The lowest BCUT2D eigenvalue weighted by molar-refractivity contribution is -0.116. The molecule has 0 saturated heterocycles. The molecule has 1 heterocycles. The van der Waals surface area contributed by atoms with Crippen molar-refractivity contribution in [2.24, 2.45) is 0 Å². The molecule has 6 heteroatoms. The number of anilines is 1. The third kappa shape index (κ3) is 5.44. The second-order valence-corrected chi connectivity index (χ2v) is 6.12. The molecule has 0 aliphatic rings. The number of benzene rings is 2. The molecule has 0 unspecified atom stereocenters. The van der Waals surface area contributed by atoms with E-state index < -0.39 is 5.97 Å². The van der Waals surface area contributed by atoms with Crippen LogP contribution in [-0.4, -0.2) is 23.6 Å². The van der Waals surface area contributed by atoms with Crippen molar-refractivity contribution >= 4 is 17.6 Å². The number of carbonyl (C=O) groups excluding carboxylic acids is 2. The molecule has 29 heavy (non-hydrogen) atoms. The molecule has 0 atom stereocenters. The molecule has 1 aromatic heterocycles. The molecule has 0 spiro atoms. The highest BCUT2D eigenvalue weighted by atomic mass is 16.5. The summed E-state index contributed by atoms with van der Waals surface area (Å²) in [4.78, 5) is 35.5. The average molecular weight is 386 g/mol. The molecule has 2 aromatic carbocycles. The number of nitrogens with one attached hydrogen (secondary N) is 1. The van der Waals surface area contributed by atoms with Crippen molar-refractivity contribution in [1.82, 2.24) is 4.57 Å². The number of methoxy groups -OCH3 is 1. The summed E-state index contributed by atoms with van der Waals surface area (Å²) in [5, 5.41) is 2.76. The minimum Gasteiger partial charge on any atom is -0.465 e. The summed E-state index contributed by atoms with van der Waals surface area (Å²) in [6.45, 7) is -0.0735. The van der Waals surface area contributed by atoms with E-state index >= 15 is 0 Å². The molecular formula is C23H18N2O4. The molecule has 0 saturated carbocycles. The molecule has 0 aliphatic carbocycles. The topological polar surface area (TPSA) is 77.4 Å². The number of ether oxygens (including phenoxy) is 1. The zero-order chi connectivity index (χ0) is 20.6. The maximum atomic E-state index is 12.2. The summed E-state index contributed by atoms with van der Waals surface area (Å²) in [5.41, 5.74) is 2.14. The van der Waals surface area contributed by atoms with E-state index in [0.29, 0.717) is 22.4 Å². The van der Waals surface area contributed by atoms with E-state index in [2.05, 4.69) is 17.2 Å². The van der Waals surface area contributed by atoms with Gasteiger partial charge >= 0.3 is 5.97 Å². The standard InChI is InChI=1S/C23H18N2O4/c1-29-23(28)19-8-4-6-17(14-19)11-12-18-7-5-9-20(15-18)24-21(26)16-25-13-3-2-10-22(25)27/h2-10,13-15H,16H2,1H3,(H,24,26). The molecular weight excluding hydrogens is 368 g/mol. The number of hydrogen-bond donors (Lipinski definition) is 1. The van der Waals surface area contributed by atoms with Crippen molar-refractivity contribution < 1.29 is 14.3 Å². The first-order valence-electron chi connectivity index (χ1n) is 8.81. The van der Waals surface area contributed by atoms with Gasteiger partial charge in [0.15, 0.2) is 0 Å². The quantitative estimate of drug-likeness (QED) is 0.552.